The second-order valence-electron chi connectivity index (χ2n) is 6.61. The van der Waals surface area contributed by atoms with Crippen LogP contribution in [0.2, 0.25) is 0 Å². The molecule has 1 amide bonds. The van der Waals surface area contributed by atoms with Gasteiger partial charge in [0.25, 0.3) is 0 Å². The molecule has 0 bridgehead atoms. The molecule has 1 saturated heterocycles. The highest BCUT2D eigenvalue weighted by atomic mass is 32.2. The fraction of sp³-hybridized carbons (Fsp3) is 0.364. The number of hydrogen-bond acceptors (Lipinski definition) is 5. The molecular formula is C22H26N2O3S. The molecule has 0 spiro atoms. The minimum Gasteiger partial charge on any atom is -0.489 e. The third-order valence-corrected chi connectivity index (χ3v) is 5.17. The number of amides is 1. The Balaban J connectivity index is 1.36. The number of aromatic nitrogens is 1. The summed E-state index contributed by atoms with van der Waals surface area (Å²) >= 11 is 1.66. The average molecular weight is 399 g/mol. The number of aryl methyl sites for hydroxylation is 1. The van der Waals surface area contributed by atoms with Gasteiger partial charge in [-0.25, -0.2) is 0 Å². The van der Waals surface area contributed by atoms with Crippen molar-refractivity contribution >= 4 is 23.7 Å². The number of rotatable bonds is 8. The SMILES string of the molecule is Cc1ccc(OCC2CN(C(=O)CCS/C=C\c3ccccc3)CCO2)cn1. The lowest BCUT2D eigenvalue weighted by Gasteiger charge is -2.32. The Hall–Kier alpha value is -2.31. The molecule has 6 heteroatoms. The van der Waals surface area contributed by atoms with E-state index in [0.29, 0.717) is 32.7 Å². The Bertz CT molecular complexity index is 765. The number of carbonyl (C=O) groups is 1. The van der Waals surface area contributed by atoms with E-state index in [1.54, 1.807) is 18.0 Å². The highest BCUT2D eigenvalue weighted by Gasteiger charge is 2.24. The molecule has 1 atom stereocenters. The molecular weight excluding hydrogens is 372 g/mol. The lowest BCUT2D eigenvalue weighted by molar-refractivity contribution is -0.139. The molecule has 2 aromatic rings. The van der Waals surface area contributed by atoms with Crippen LogP contribution in [0.5, 0.6) is 5.75 Å². The maximum absolute atomic E-state index is 12.5. The summed E-state index contributed by atoms with van der Waals surface area (Å²) in [4.78, 5) is 18.6. The van der Waals surface area contributed by atoms with Gasteiger partial charge in [0, 0.05) is 24.4 Å². The van der Waals surface area contributed by atoms with E-state index in [2.05, 4.69) is 23.2 Å². The van der Waals surface area contributed by atoms with Crippen LogP contribution in [0.15, 0.2) is 54.1 Å². The van der Waals surface area contributed by atoms with E-state index in [1.807, 2.05) is 47.6 Å². The van der Waals surface area contributed by atoms with Gasteiger partial charge < -0.3 is 14.4 Å². The first kappa shape index (κ1) is 20.4. The zero-order valence-corrected chi connectivity index (χ0v) is 16.9. The Labute approximate surface area is 170 Å². The van der Waals surface area contributed by atoms with Crippen LogP contribution in [0.25, 0.3) is 6.08 Å². The standard InChI is InChI=1S/C22H26N2O3S/c1-18-7-8-20(15-23-18)27-17-21-16-24(11-12-26-21)22(25)10-14-28-13-9-19-5-3-2-4-6-19/h2-9,13,15,21H,10-12,14,16-17H2,1H3/b13-9-. The van der Waals surface area contributed by atoms with Crippen LogP contribution in [0.3, 0.4) is 0 Å². The Morgan fingerprint density at radius 3 is 2.96 bits per heavy atom. The number of carbonyl (C=O) groups excluding carboxylic acids is 1. The molecule has 3 rings (SSSR count). The zero-order valence-electron chi connectivity index (χ0n) is 16.1. The van der Waals surface area contributed by atoms with Crippen molar-refractivity contribution in [1.82, 2.24) is 9.88 Å². The van der Waals surface area contributed by atoms with Gasteiger partial charge in [-0.05, 0) is 36.1 Å². The van der Waals surface area contributed by atoms with Crippen molar-refractivity contribution < 1.29 is 14.3 Å². The van der Waals surface area contributed by atoms with Crippen LogP contribution >= 0.6 is 11.8 Å². The molecule has 2 heterocycles. The second-order valence-corrected chi connectivity index (χ2v) is 7.63. The predicted molar refractivity (Wildman–Crippen MR) is 113 cm³/mol. The number of pyridine rings is 1. The number of benzene rings is 1. The highest BCUT2D eigenvalue weighted by molar-refractivity contribution is 8.02. The number of nitrogens with zero attached hydrogens (tertiary/aromatic N) is 2. The predicted octanol–water partition coefficient (Wildman–Crippen LogP) is 3.79. The van der Waals surface area contributed by atoms with Gasteiger partial charge >= 0.3 is 0 Å². The molecule has 1 unspecified atom stereocenters. The van der Waals surface area contributed by atoms with E-state index in [-0.39, 0.29) is 12.0 Å². The first-order valence-corrected chi connectivity index (χ1v) is 10.5. The van der Waals surface area contributed by atoms with Crippen LogP contribution in [-0.2, 0) is 9.53 Å². The quantitative estimate of drug-likeness (QED) is 0.633. The van der Waals surface area contributed by atoms with Crippen LogP contribution < -0.4 is 4.74 Å². The summed E-state index contributed by atoms with van der Waals surface area (Å²) in [5.41, 5.74) is 2.12. The van der Waals surface area contributed by atoms with Crippen molar-refractivity contribution in [3.05, 3.63) is 65.3 Å². The molecule has 28 heavy (non-hydrogen) atoms. The molecule has 1 fully saturated rings. The molecule has 0 aliphatic carbocycles. The van der Waals surface area contributed by atoms with E-state index in [0.717, 1.165) is 17.2 Å². The maximum Gasteiger partial charge on any atom is 0.223 e. The van der Waals surface area contributed by atoms with E-state index >= 15 is 0 Å². The fourth-order valence-corrected chi connectivity index (χ4v) is 3.52. The summed E-state index contributed by atoms with van der Waals surface area (Å²) in [5.74, 6) is 1.67. The topological polar surface area (TPSA) is 51.7 Å². The van der Waals surface area contributed by atoms with Crippen molar-refractivity contribution in [1.29, 1.82) is 0 Å². The van der Waals surface area contributed by atoms with Gasteiger partial charge in [0.2, 0.25) is 5.91 Å². The molecule has 1 aromatic carbocycles. The maximum atomic E-state index is 12.5. The van der Waals surface area contributed by atoms with Gasteiger partial charge in [-0.1, -0.05) is 30.3 Å². The first-order valence-electron chi connectivity index (χ1n) is 9.49. The molecule has 0 N–H and O–H groups in total. The lowest BCUT2D eigenvalue weighted by atomic mass is 10.2. The smallest absolute Gasteiger partial charge is 0.223 e. The van der Waals surface area contributed by atoms with Gasteiger partial charge in [0.15, 0.2) is 0 Å². The number of ether oxygens (including phenoxy) is 2. The van der Waals surface area contributed by atoms with Crippen LogP contribution in [0.4, 0.5) is 0 Å². The largest absolute Gasteiger partial charge is 0.489 e. The van der Waals surface area contributed by atoms with Crippen molar-refractivity contribution in [2.24, 2.45) is 0 Å². The third-order valence-electron chi connectivity index (χ3n) is 4.40. The normalized spacial score (nSPS) is 17.0. The third kappa shape index (κ3) is 6.69. The fourth-order valence-electron chi connectivity index (χ4n) is 2.84. The number of morpholine rings is 1. The Morgan fingerprint density at radius 2 is 2.18 bits per heavy atom. The second kappa shape index (κ2) is 10.9. The summed E-state index contributed by atoms with van der Waals surface area (Å²) < 4.78 is 11.5. The number of hydrogen-bond donors (Lipinski definition) is 0. The number of thioether (sulfide) groups is 1. The molecule has 5 nitrogen and oxygen atoms in total. The summed E-state index contributed by atoms with van der Waals surface area (Å²) in [6, 6.07) is 14.0. The van der Waals surface area contributed by atoms with E-state index < -0.39 is 0 Å². The van der Waals surface area contributed by atoms with Gasteiger partial charge in [0.1, 0.15) is 18.5 Å². The highest BCUT2D eigenvalue weighted by Crippen LogP contribution is 2.14. The van der Waals surface area contributed by atoms with E-state index in [4.69, 9.17) is 9.47 Å². The zero-order chi connectivity index (χ0) is 19.6. The summed E-state index contributed by atoms with van der Waals surface area (Å²) in [7, 11) is 0. The molecule has 1 aliphatic rings. The minimum atomic E-state index is -0.107. The van der Waals surface area contributed by atoms with E-state index in [9.17, 15) is 4.79 Å². The molecule has 148 valence electrons. The summed E-state index contributed by atoms with van der Waals surface area (Å²) in [6.45, 7) is 4.12. The molecule has 1 aliphatic heterocycles. The van der Waals surface area contributed by atoms with Crippen molar-refractivity contribution in [2.75, 3.05) is 32.1 Å². The monoisotopic (exact) mass is 398 g/mol. The summed E-state index contributed by atoms with van der Waals surface area (Å²) in [5, 5.41) is 2.05. The Kier molecular flexibility index (Phi) is 7.94. The average Bonchev–Trinajstić information content (AvgIpc) is 2.74. The first-order chi connectivity index (χ1) is 13.7. The Morgan fingerprint density at radius 1 is 1.32 bits per heavy atom. The lowest BCUT2D eigenvalue weighted by Crippen LogP contribution is -2.47. The van der Waals surface area contributed by atoms with Crippen molar-refractivity contribution in [3.63, 3.8) is 0 Å². The van der Waals surface area contributed by atoms with Gasteiger partial charge in [-0.3, -0.25) is 9.78 Å². The van der Waals surface area contributed by atoms with Crippen molar-refractivity contribution in [2.45, 2.75) is 19.4 Å². The molecule has 0 radical (unpaired) electrons. The van der Waals surface area contributed by atoms with Crippen LogP contribution in [0, 0.1) is 6.92 Å². The summed E-state index contributed by atoms with van der Waals surface area (Å²) in [6.07, 6.45) is 4.20. The molecule has 1 aromatic heterocycles. The van der Waals surface area contributed by atoms with Crippen LogP contribution in [0.1, 0.15) is 17.7 Å². The van der Waals surface area contributed by atoms with E-state index in [1.165, 1.54) is 5.56 Å². The van der Waals surface area contributed by atoms with Gasteiger partial charge in [-0.15, -0.1) is 11.8 Å². The molecule has 0 saturated carbocycles. The van der Waals surface area contributed by atoms with Crippen LogP contribution in [-0.4, -0.2) is 54.0 Å². The minimum absolute atomic E-state index is 0.107. The van der Waals surface area contributed by atoms with Gasteiger partial charge in [-0.2, -0.15) is 0 Å². The van der Waals surface area contributed by atoms with Crippen molar-refractivity contribution in [3.8, 4) is 5.75 Å². The van der Waals surface area contributed by atoms with Gasteiger partial charge in [0.05, 0.1) is 19.3 Å².